The number of hydrogen-bond donors (Lipinski definition) is 1. The smallest absolute Gasteiger partial charge is 0.348 e. The molecule has 0 unspecified atom stereocenters. The summed E-state index contributed by atoms with van der Waals surface area (Å²) in [6.45, 7) is 2.04. The lowest BCUT2D eigenvalue weighted by Gasteiger charge is -2.41. The summed E-state index contributed by atoms with van der Waals surface area (Å²) < 4.78 is 38.6. The maximum absolute atomic E-state index is 13.7. The van der Waals surface area contributed by atoms with Crippen LogP contribution >= 0.6 is 0 Å². The van der Waals surface area contributed by atoms with E-state index in [1.807, 2.05) is 6.07 Å². The van der Waals surface area contributed by atoms with Crippen LogP contribution in [0.4, 0.5) is 13.2 Å². The molecule has 0 radical (unpaired) electrons. The van der Waals surface area contributed by atoms with E-state index in [2.05, 4.69) is 28.4 Å². The molecular weight excluding hydrogens is 479 g/mol. The molecule has 2 fully saturated rings. The molecule has 1 aliphatic heterocycles. The van der Waals surface area contributed by atoms with E-state index >= 15 is 0 Å². The van der Waals surface area contributed by atoms with Crippen LogP contribution in [0.15, 0.2) is 48.5 Å². The van der Waals surface area contributed by atoms with Gasteiger partial charge in [-0.1, -0.05) is 37.1 Å². The Hall–Kier alpha value is -2.87. The minimum absolute atomic E-state index is 0.0314. The van der Waals surface area contributed by atoms with E-state index in [0.29, 0.717) is 32.1 Å². The SMILES string of the molecule is O=C(N[C@H]1CCCc2ccccc21)[C@H](C1CCCC1)N1CCN(C(=O)c2ccc(C(F)(F)F)cc2)CC1. The fraction of sp³-hybridized carbons (Fsp3) is 0.517. The monoisotopic (exact) mass is 513 g/mol. The molecule has 5 rings (SSSR count). The van der Waals surface area contributed by atoms with E-state index in [9.17, 15) is 22.8 Å². The Kier molecular flexibility index (Phi) is 7.56. The standard InChI is InChI=1S/C29H34F3N3O2/c30-29(31,32)23-14-12-22(13-15-23)28(37)35-18-16-34(17-19-35)26(21-7-1-2-8-21)27(36)33-25-11-5-9-20-6-3-4-10-24(20)25/h3-4,6,10,12-15,21,25-26H,1-2,5,7-9,11,16-19H2,(H,33,36)/t25-,26-/m0/s1. The quantitative estimate of drug-likeness (QED) is 0.597. The second kappa shape index (κ2) is 10.9. The van der Waals surface area contributed by atoms with Gasteiger partial charge in [0.2, 0.25) is 5.91 Å². The Morgan fingerprint density at radius 2 is 1.54 bits per heavy atom. The van der Waals surface area contributed by atoms with Crippen LogP contribution in [0, 0.1) is 5.92 Å². The first-order chi connectivity index (χ1) is 17.8. The van der Waals surface area contributed by atoms with E-state index in [1.165, 1.54) is 23.3 Å². The van der Waals surface area contributed by atoms with Crippen LogP contribution in [0.25, 0.3) is 0 Å². The number of halogens is 3. The Labute approximate surface area is 216 Å². The molecule has 5 nitrogen and oxygen atoms in total. The van der Waals surface area contributed by atoms with Crippen molar-refractivity contribution in [2.24, 2.45) is 5.92 Å². The van der Waals surface area contributed by atoms with Gasteiger partial charge < -0.3 is 10.2 Å². The zero-order chi connectivity index (χ0) is 26.0. The largest absolute Gasteiger partial charge is 0.416 e. The van der Waals surface area contributed by atoms with Gasteiger partial charge in [-0.15, -0.1) is 0 Å². The van der Waals surface area contributed by atoms with Crippen LogP contribution in [-0.2, 0) is 17.4 Å². The highest BCUT2D eigenvalue weighted by Gasteiger charge is 2.38. The summed E-state index contributed by atoms with van der Waals surface area (Å²) in [6.07, 6.45) is 2.94. The average molecular weight is 514 g/mol. The first-order valence-corrected chi connectivity index (χ1v) is 13.4. The average Bonchev–Trinajstić information content (AvgIpc) is 3.43. The minimum Gasteiger partial charge on any atom is -0.348 e. The number of benzene rings is 2. The van der Waals surface area contributed by atoms with Gasteiger partial charge in [-0.25, -0.2) is 0 Å². The van der Waals surface area contributed by atoms with E-state index in [1.54, 1.807) is 4.90 Å². The van der Waals surface area contributed by atoms with Crippen molar-refractivity contribution in [2.75, 3.05) is 26.2 Å². The molecular formula is C29H34F3N3O2. The molecule has 1 saturated carbocycles. The molecule has 3 aliphatic rings. The molecule has 2 amide bonds. The topological polar surface area (TPSA) is 52.7 Å². The van der Waals surface area contributed by atoms with E-state index in [4.69, 9.17) is 0 Å². The maximum Gasteiger partial charge on any atom is 0.416 e. The summed E-state index contributed by atoms with van der Waals surface area (Å²) in [5.74, 6) is 0.112. The number of carbonyl (C=O) groups is 2. The molecule has 8 heteroatoms. The first-order valence-electron chi connectivity index (χ1n) is 13.4. The van der Waals surface area contributed by atoms with Gasteiger partial charge >= 0.3 is 6.18 Å². The lowest BCUT2D eigenvalue weighted by atomic mass is 9.87. The molecule has 1 saturated heterocycles. The van der Waals surface area contributed by atoms with Gasteiger partial charge in [0, 0.05) is 31.7 Å². The van der Waals surface area contributed by atoms with Crippen molar-refractivity contribution in [1.82, 2.24) is 15.1 Å². The van der Waals surface area contributed by atoms with Crippen molar-refractivity contribution < 1.29 is 22.8 Å². The number of fused-ring (bicyclic) bond motifs is 1. The predicted molar refractivity (Wildman–Crippen MR) is 135 cm³/mol. The summed E-state index contributed by atoms with van der Waals surface area (Å²) in [4.78, 5) is 30.6. The fourth-order valence-electron chi connectivity index (χ4n) is 6.30. The number of nitrogens with one attached hydrogen (secondary N) is 1. The summed E-state index contributed by atoms with van der Waals surface area (Å²) in [6, 6.07) is 12.6. The Bertz CT molecular complexity index is 1100. The highest BCUT2D eigenvalue weighted by molar-refractivity contribution is 5.94. The van der Waals surface area contributed by atoms with Gasteiger partial charge in [-0.2, -0.15) is 13.2 Å². The van der Waals surface area contributed by atoms with Crippen molar-refractivity contribution in [3.05, 3.63) is 70.8 Å². The third-order valence-electron chi connectivity index (χ3n) is 8.25. The van der Waals surface area contributed by atoms with Crippen LogP contribution in [0.5, 0.6) is 0 Å². The highest BCUT2D eigenvalue weighted by atomic mass is 19.4. The molecule has 2 aromatic carbocycles. The second-order valence-electron chi connectivity index (χ2n) is 10.5. The highest BCUT2D eigenvalue weighted by Crippen LogP contribution is 2.34. The zero-order valence-electron chi connectivity index (χ0n) is 21.0. The second-order valence-corrected chi connectivity index (χ2v) is 10.5. The number of carbonyl (C=O) groups excluding carboxylic acids is 2. The van der Waals surface area contributed by atoms with E-state index in [0.717, 1.165) is 57.1 Å². The lowest BCUT2D eigenvalue weighted by Crippen LogP contribution is -2.58. The molecule has 2 aliphatic carbocycles. The molecule has 1 N–H and O–H groups in total. The van der Waals surface area contributed by atoms with Gasteiger partial charge in [-0.3, -0.25) is 14.5 Å². The number of nitrogens with zero attached hydrogens (tertiary/aromatic N) is 2. The van der Waals surface area contributed by atoms with Gasteiger partial charge in [0.05, 0.1) is 17.6 Å². The number of amides is 2. The Morgan fingerprint density at radius 1 is 0.865 bits per heavy atom. The predicted octanol–water partition coefficient (Wildman–Crippen LogP) is 5.22. The molecule has 2 atom stereocenters. The fourth-order valence-corrected chi connectivity index (χ4v) is 6.30. The minimum atomic E-state index is -4.43. The summed E-state index contributed by atoms with van der Waals surface area (Å²) in [5.41, 5.74) is 2.02. The Balaban J connectivity index is 1.24. The van der Waals surface area contributed by atoms with Gasteiger partial charge in [0.15, 0.2) is 0 Å². The third kappa shape index (κ3) is 5.69. The summed E-state index contributed by atoms with van der Waals surface area (Å²) in [5, 5.41) is 3.37. The Morgan fingerprint density at radius 3 is 2.22 bits per heavy atom. The maximum atomic E-state index is 13.7. The van der Waals surface area contributed by atoms with E-state index < -0.39 is 11.7 Å². The number of piperazine rings is 1. The molecule has 2 aromatic rings. The van der Waals surface area contributed by atoms with Crippen molar-refractivity contribution >= 4 is 11.8 Å². The molecule has 0 bridgehead atoms. The molecule has 0 aromatic heterocycles. The zero-order valence-corrected chi connectivity index (χ0v) is 21.0. The number of hydrogen-bond acceptors (Lipinski definition) is 3. The van der Waals surface area contributed by atoms with Crippen molar-refractivity contribution in [2.45, 2.75) is 63.2 Å². The van der Waals surface area contributed by atoms with Gasteiger partial charge in [-0.05, 0) is 73.4 Å². The van der Waals surface area contributed by atoms with Crippen LogP contribution in [0.1, 0.15) is 71.6 Å². The third-order valence-corrected chi connectivity index (χ3v) is 8.25. The van der Waals surface area contributed by atoms with Crippen LogP contribution in [0.3, 0.4) is 0 Å². The molecule has 1 heterocycles. The van der Waals surface area contributed by atoms with Gasteiger partial charge in [0.1, 0.15) is 0 Å². The molecule has 37 heavy (non-hydrogen) atoms. The van der Waals surface area contributed by atoms with Crippen LogP contribution < -0.4 is 5.32 Å². The van der Waals surface area contributed by atoms with Crippen LogP contribution in [0.2, 0.25) is 0 Å². The number of alkyl halides is 3. The molecule has 0 spiro atoms. The van der Waals surface area contributed by atoms with Crippen molar-refractivity contribution in [1.29, 1.82) is 0 Å². The normalized spacial score (nSPS) is 21.9. The number of rotatable bonds is 5. The van der Waals surface area contributed by atoms with Gasteiger partial charge in [0.25, 0.3) is 5.91 Å². The van der Waals surface area contributed by atoms with Crippen LogP contribution in [-0.4, -0.2) is 53.8 Å². The summed E-state index contributed by atoms with van der Waals surface area (Å²) in [7, 11) is 0. The van der Waals surface area contributed by atoms with Crippen molar-refractivity contribution in [3.63, 3.8) is 0 Å². The van der Waals surface area contributed by atoms with E-state index in [-0.39, 0.29) is 29.5 Å². The van der Waals surface area contributed by atoms with Crippen molar-refractivity contribution in [3.8, 4) is 0 Å². The number of aryl methyl sites for hydroxylation is 1. The summed E-state index contributed by atoms with van der Waals surface area (Å²) >= 11 is 0. The molecule has 198 valence electrons. The first kappa shape index (κ1) is 25.8. The lowest BCUT2D eigenvalue weighted by molar-refractivity contribution is -0.137.